The highest BCUT2D eigenvalue weighted by Gasteiger charge is 2.48. The molecule has 4 rings (SSSR count). The highest BCUT2D eigenvalue weighted by molar-refractivity contribution is 6.04. The second-order valence-corrected chi connectivity index (χ2v) is 8.29. The lowest BCUT2D eigenvalue weighted by Crippen LogP contribution is -2.61. The number of Topliss-reactive ketones (excluding diaryl/α,β-unsaturated/α-hetero) is 1. The van der Waals surface area contributed by atoms with E-state index < -0.39 is 48.6 Å². The minimum Gasteiger partial charge on any atom is -0.507 e. The number of phenolic OH excluding ortho intramolecular Hbond substituents is 1. The Hall–Kier alpha value is -3.78. The van der Waals surface area contributed by atoms with E-state index in [0.717, 1.165) is 0 Å². The third-order valence-corrected chi connectivity index (χ3v) is 6.14. The molecule has 1 fully saturated rings. The maximum atomic E-state index is 13.1. The van der Waals surface area contributed by atoms with Crippen LogP contribution in [0.4, 0.5) is 0 Å². The summed E-state index contributed by atoms with van der Waals surface area (Å²) in [6.07, 6.45) is -10.5. The molecule has 0 amide bonds. The Morgan fingerprint density at radius 1 is 0.973 bits per heavy atom. The van der Waals surface area contributed by atoms with Crippen molar-refractivity contribution in [3.63, 3.8) is 0 Å². The molecular weight excluding hydrogens is 496 g/mol. The fourth-order valence-electron chi connectivity index (χ4n) is 4.34. The number of phenols is 1. The highest BCUT2D eigenvalue weighted by atomic mass is 16.7. The molecule has 2 unspecified atom stereocenters. The van der Waals surface area contributed by atoms with Gasteiger partial charge in [0.15, 0.2) is 23.4 Å². The van der Waals surface area contributed by atoms with Crippen LogP contribution in [0.3, 0.4) is 0 Å². The molecule has 0 radical (unpaired) electrons. The summed E-state index contributed by atoms with van der Waals surface area (Å²) in [4.78, 5) is 24.6. The summed E-state index contributed by atoms with van der Waals surface area (Å²) in [6, 6.07) is 5.76. The van der Waals surface area contributed by atoms with Crippen LogP contribution >= 0.6 is 0 Å². The Kier molecular flexibility index (Phi) is 7.32. The SMILES string of the molecule is COc1cc(O)c2c(c1OC)O[C@H](c1c(OC)cccc1O[C@@H]1OC(C(=O)O)[C@@H](O)[C@H](O)C1O)CC2=O. The molecule has 0 saturated carbocycles. The van der Waals surface area contributed by atoms with E-state index in [1.54, 1.807) is 6.07 Å². The summed E-state index contributed by atoms with van der Waals surface area (Å²) in [5, 5.41) is 50.2. The monoisotopic (exact) mass is 522 g/mol. The number of carboxylic acids is 1. The third kappa shape index (κ3) is 4.57. The van der Waals surface area contributed by atoms with Crippen molar-refractivity contribution in [2.24, 2.45) is 0 Å². The lowest BCUT2D eigenvalue weighted by atomic mass is 9.93. The molecule has 2 aromatic rings. The van der Waals surface area contributed by atoms with Crippen molar-refractivity contribution in [3.8, 4) is 34.5 Å². The summed E-state index contributed by atoms with van der Waals surface area (Å²) in [7, 11) is 4.05. The summed E-state index contributed by atoms with van der Waals surface area (Å²) >= 11 is 0. The lowest BCUT2D eigenvalue weighted by Gasteiger charge is -2.39. The molecule has 0 bridgehead atoms. The topological polar surface area (TPSA) is 191 Å². The molecular formula is C24H26O13. The minimum atomic E-state index is -1.90. The first-order valence-corrected chi connectivity index (χ1v) is 11.1. The molecule has 6 atom stereocenters. The van der Waals surface area contributed by atoms with Crippen LogP contribution in [0.2, 0.25) is 0 Å². The molecule has 2 aromatic carbocycles. The van der Waals surface area contributed by atoms with E-state index in [1.807, 2.05) is 0 Å². The Morgan fingerprint density at radius 2 is 1.65 bits per heavy atom. The summed E-state index contributed by atoms with van der Waals surface area (Å²) in [5.41, 5.74) is 0.0929. The van der Waals surface area contributed by atoms with Crippen molar-refractivity contribution < 1.29 is 63.5 Å². The van der Waals surface area contributed by atoms with E-state index in [4.69, 9.17) is 28.4 Å². The van der Waals surface area contributed by atoms with Gasteiger partial charge in [0.25, 0.3) is 0 Å². The first kappa shape index (κ1) is 26.3. The number of ether oxygens (including phenoxy) is 6. The van der Waals surface area contributed by atoms with Crippen LogP contribution in [0, 0.1) is 0 Å². The van der Waals surface area contributed by atoms with Gasteiger partial charge in [-0.2, -0.15) is 0 Å². The average Bonchev–Trinajstić information content (AvgIpc) is 2.87. The van der Waals surface area contributed by atoms with Gasteiger partial charge in [-0.05, 0) is 12.1 Å². The van der Waals surface area contributed by atoms with Crippen molar-refractivity contribution in [1.82, 2.24) is 0 Å². The zero-order valence-electron chi connectivity index (χ0n) is 20.0. The number of fused-ring (bicyclic) bond motifs is 1. The van der Waals surface area contributed by atoms with Crippen LogP contribution in [-0.4, -0.2) is 89.3 Å². The Morgan fingerprint density at radius 3 is 2.27 bits per heavy atom. The number of hydrogen-bond donors (Lipinski definition) is 5. The molecule has 0 aromatic heterocycles. The van der Waals surface area contributed by atoms with Crippen molar-refractivity contribution >= 4 is 11.8 Å². The van der Waals surface area contributed by atoms with E-state index in [9.17, 15) is 35.1 Å². The average molecular weight is 522 g/mol. The fraction of sp³-hybridized carbons (Fsp3) is 0.417. The predicted molar refractivity (Wildman–Crippen MR) is 121 cm³/mol. The van der Waals surface area contributed by atoms with Gasteiger partial charge in [-0.1, -0.05) is 6.07 Å². The molecule has 0 spiro atoms. The van der Waals surface area contributed by atoms with Crippen LogP contribution in [0.1, 0.15) is 28.4 Å². The number of ketones is 1. The molecule has 2 aliphatic heterocycles. The number of rotatable bonds is 7. The number of carboxylic acid groups (broad SMARTS) is 1. The van der Waals surface area contributed by atoms with Gasteiger partial charge in [0, 0.05) is 6.07 Å². The molecule has 37 heavy (non-hydrogen) atoms. The number of methoxy groups -OCH3 is 3. The van der Waals surface area contributed by atoms with Gasteiger partial charge < -0.3 is 54.0 Å². The summed E-state index contributed by atoms with van der Waals surface area (Å²) in [6.45, 7) is 0. The van der Waals surface area contributed by atoms with Gasteiger partial charge in [0.05, 0.1) is 33.3 Å². The second-order valence-electron chi connectivity index (χ2n) is 8.29. The van der Waals surface area contributed by atoms with Gasteiger partial charge in [-0.3, -0.25) is 4.79 Å². The van der Waals surface area contributed by atoms with Crippen LogP contribution in [0.25, 0.3) is 0 Å². The number of carbonyl (C=O) groups is 2. The maximum absolute atomic E-state index is 13.1. The van der Waals surface area contributed by atoms with Gasteiger partial charge >= 0.3 is 5.97 Å². The normalized spacial score (nSPS) is 27.0. The van der Waals surface area contributed by atoms with E-state index in [-0.39, 0.29) is 52.0 Å². The first-order chi connectivity index (χ1) is 17.6. The number of benzene rings is 2. The fourth-order valence-corrected chi connectivity index (χ4v) is 4.34. The zero-order chi connectivity index (χ0) is 27.0. The van der Waals surface area contributed by atoms with Crippen LogP contribution in [0.5, 0.6) is 34.5 Å². The standard InChI is InChI=1S/C24H26O13/c1-32-11-5-4-6-12(36-24-19(29)17(27)18(28)22(37-24)23(30)31)16(11)13-7-9(25)15-10(26)8-14(33-2)20(34-3)21(15)35-13/h4-6,8,13,17-19,22,24,26-29H,7H2,1-3H3,(H,30,31)/t13-,17-,18-,19?,22?,24+/m0/s1. The zero-order valence-corrected chi connectivity index (χ0v) is 20.0. The summed E-state index contributed by atoms with van der Waals surface area (Å²) < 4.78 is 33.1. The Bertz CT molecular complexity index is 1200. The molecule has 2 heterocycles. The molecule has 2 aliphatic rings. The van der Waals surface area contributed by atoms with Gasteiger partial charge in [0.1, 0.15) is 47.2 Å². The number of carbonyl (C=O) groups excluding carboxylic acids is 1. The van der Waals surface area contributed by atoms with Crippen molar-refractivity contribution in [1.29, 1.82) is 0 Å². The van der Waals surface area contributed by atoms with Gasteiger partial charge in [0.2, 0.25) is 12.0 Å². The molecule has 5 N–H and O–H groups in total. The largest absolute Gasteiger partial charge is 0.507 e. The lowest BCUT2D eigenvalue weighted by molar-refractivity contribution is -0.271. The molecule has 0 aliphatic carbocycles. The predicted octanol–water partition coefficient (Wildman–Crippen LogP) is 0.395. The smallest absolute Gasteiger partial charge is 0.335 e. The number of aliphatic hydroxyl groups is 3. The molecule has 1 saturated heterocycles. The van der Waals surface area contributed by atoms with Gasteiger partial charge in [-0.15, -0.1) is 0 Å². The summed E-state index contributed by atoms with van der Waals surface area (Å²) in [5.74, 6) is -2.12. The number of aromatic hydroxyl groups is 1. The van der Waals surface area contributed by atoms with E-state index in [1.165, 1.54) is 39.5 Å². The molecule has 13 nitrogen and oxygen atoms in total. The van der Waals surface area contributed by atoms with E-state index >= 15 is 0 Å². The number of aliphatic hydroxyl groups excluding tert-OH is 3. The Balaban J connectivity index is 1.75. The number of aliphatic carboxylic acids is 1. The Labute approximate surface area is 210 Å². The first-order valence-electron chi connectivity index (χ1n) is 11.1. The maximum Gasteiger partial charge on any atom is 0.335 e. The van der Waals surface area contributed by atoms with Crippen molar-refractivity contribution in [2.45, 2.75) is 43.2 Å². The van der Waals surface area contributed by atoms with E-state index in [0.29, 0.717) is 0 Å². The minimum absolute atomic E-state index is 0.0246. The molecule has 200 valence electrons. The quantitative estimate of drug-likeness (QED) is 0.336. The van der Waals surface area contributed by atoms with Crippen LogP contribution in [-0.2, 0) is 9.53 Å². The number of hydrogen-bond acceptors (Lipinski definition) is 12. The van der Waals surface area contributed by atoms with Crippen molar-refractivity contribution in [3.05, 3.63) is 35.4 Å². The van der Waals surface area contributed by atoms with Gasteiger partial charge in [-0.25, -0.2) is 4.79 Å². The van der Waals surface area contributed by atoms with Crippen LogP contribution < -0.4 is 23.7 Å². The highest BCUT2D eigenvalue weighted by Crippen LogP contribution is 2.52. The molecule has 13 heteroatoms. The van der Waals surface area contributed by atoms with E-state index in [2.05, 4.69) is 0 Å². The van der Waals surface area contributed by atoms with Crippen LogP contribution in [0.15, 0.2) is 24.3 Å². The van der Waals surface area contributed by atoms with Crippen molar-refractivity contribution in [2.75, 3.05) is 21.3 Å². The second kappa shape index (κ2) is 10.3. The third-order valence-electron chi connectivity index (χ3n) is 6.14.